The Labute approximate surface area is 371 Å². The minimum absolute atomic E-state index is 0.00215. The van der Waals surface area contributed by atoms with Crippen molar-refractivity contribution in [1.29, 1.82) is 0 Å². The fraction of sp³-hybridized carbons (Fsp3) is 0.640. The van der Waals surface area contributed by atoms with Crippen LogP contribution in [0.3, 0.4) is 0 Å². The van der Waals surface area contributed by atoms with E-state index in [4.69, 9.17) is 18.5 Å². The first-order chi connectivity index (χ1) is 29.4. The van der Waals surface area contributed by atoms with E-state index >= 15 is 0 Å². The number of rotatable bonds is 40. The summed E-state index contributed by atoms with van der Waals surface area (Å²) in [6.07, 6.45) is 50.7. The van der Waals surface area contributed by atoms with E-state index < -0.39 is 32.5 Å². The van der Waals surface area contributed by atoms with Gasteiger partial charge in [-0.05, 0) is 83.5 Å². The number of aliphatic hydroxyl groups excluding tert-OH is 1. The minimum Gasteiger partial charge on any atom is -0.462 e. The number of hydrogen-bond donors (Lipinski definition) is 2. The molecule has 348 valence electrons. The maximum atomic E-state index is 12.7. The molecule has 0 aliphatic heterocycles. The Morgan fingerprint density at radius 2 is 1.10 bits per heavy atom. The van der Waals surface area contributed by atoms with Gasteiger partial charge in [0.2, 0.25) is 0 Å². The van der Waals surface area contributed by atoms with Crippen molar-refractivity contribution in [3.8, 4) is 0 Å². The van der Waals surface area contributed by atoms with Crippen molar-refractivity contribution in [3.63, 3.8) is 0 Å². The maximum absolute atomic E-state index is 12.7. The highest BCUT2D eigenvalue weighted by molar-refractivity contribution is 7.47. The van der Waals surface area contributed by atoms with Crippen molar-refractivity contribution < 1.29 is 47.2 Å². The summed E-state index contributed by atoms with van der Waals surface area (Å²) in [5, 5.41) is 9.92. The van der Waals surface area contributed by atoms with Crippen LogP contribution in [0.4, 0.5) is 0 Å². The van der Waals surface area contributed by atoms with Gasteiger partial charge in [-0.2, -0.15) is 0 Å². The van der Waals surface area contributed by atoms with Gasteiger partial charge in [0.1, 0.15) is 19.8 Å². The maximum Gasteiger partial charge on any atom is 0.472 e. The van der Waals surface area contributed by atoms with Gasteiger partial charge in [0.25, 0.3) is 0 Å². The molecule has 0 saturated carbocycles. The predicted octanol–water partition coefficient (Wildman–Crippen LogP) is 12.3. The molecule has 0 aromatic carbocycles. The van der Waals surface area contributed by atoms with Crippen LogP contribution in [0, 0.1) is 0 Å². The first-order valence-electron chi connectivity index (χ1n) is 23.1. The molecule has 0 spiro atoms. The molecule has 0 bridgehead atoms. The molecule has 11 heteroatoms. The molecule has 3 atom stereocenters. The highest BCUT2D eigenvalue weighted by Crippen LogP contribution is 2.43. The largest absolute Gasteiger partial charge is 0.472 e. The molecular formula is C50H85NO9P+. The lowest BCUT2D eigenvalue weighted by Crippen LogP contribution is -2.37. The Morgan fingerprint density at radius 3 is 1.67 bits per heavy atom. The Balaban J connectivity index is 4.55. The summed E-state index contributed by atoms with van der Waals surface area (Å²) in [7, 11) is 1.38. The second-order valence-corrected chi connectivity index (χ2v) is 17.7. The number of aliphatic hydroxyl groups is 1. The van der Waals surface area contributed by atoms with Gasteiger partial charge in [-0.15, -0.1) is 0 Å². The van der Waals surface area contributed by atoms with Gasteiger partial charge in [-0.25, -0.2) is 4.57 Å². The molecule has 0 amide bonds. The number of likely N-dealkylation sites (N-methyl/N-ethyl adjacent to an activating group) is 1. The van der Waals surface area contributed by atoms with E-state index in [-0.39, 0.29) is 32.2 Å². The third-order valence-electron chi connectivity index (χ3n) is 9.19. The summed E-state index contributed by atoms with van der Waals surface area (Å²) in [6, 6.07) is 0. The Hall–Kier alpha value is -3.11. The third kappa shape index (κ3) is 44.7. The van der Waals surface area contributed by atoms with E-state index in [1.807, 2.05) is 57.6 Å². The van der Waals surface area contributed by atoms with Crippen LogP contribution < -0.4 is 0 Å². The molecule has 0 aliphatic carbocycles. The van der Waals surface area contributed by atoms with Gasteiger partial charge < -0.3 is 24.0 Å². The van der Waals surface area contributed by atoms with E-state index in [0.29, 0.717) is 30.3 Å². The number of nitrogens with zero attached hydrogens (tertiary/aromatic N) is 1. The lowest BCUT2D eigenvalue weighted by Gasteiger charge is -2.24. The fourth-order valence-corrected chi connectivity index (χ4v) is 6.25. The van der Waals surface area contributed by atoms with Gasteiger partial charge in [0.15, 0.2) is 6.10 Å². The smallest absolute Gasteiger partial charge is 0.462 e. The number of phosphoric ester groups is 1. The highest BCUT2D eigenvalue weighted by Gasteiger charge is 2.27. The van der Waals surface area contributed by atoms with Crippen LogP contribution in [0.1, 0.15) is 149 Å². The first-order valence-corrected chi connectivity index (χ1v) is 24.6. The standard InChI is InChI=1S/C50H84NO9P/c1-6-8-10-11-12-13-14-15-16-17-18-19-20-21-24-27-30-33-37-41-49(53)57-45-48(46-59-61(55,56)58-44-43-51(3,4)5)60-50(54)42-38-34-31-28-25-22-23-26-29-32-36-40-47(52)39-35-9-7-2/h12-13,15-16,18-19,21-24,28-29,31-32,36,40,47-48,52H,6-11,14,17,20,25-27,30,33-35,37-39,41-46H2,1-5H3/p+1/b13-12-,16-15-,19-18-,23-22-,24-21-,31-28-,32-29-,40-36+/t47-,48+/m0/s1. The number of esters is 2. The average molecular weight is 875 g/mol. The zero-order chi connectivity index (χ0) is 45.1. The number of carbonyl (C=O) groups is 2. The fourth-order valence-electron chi connectivity index (χ4n) is 5.51. The van der Waals surface area contributed by atoms with Crippen molar-refractivity contribution >= 4 is 19.8 Å². The SMILES string of the molecule is CCCCC/C=C\C/C=C\C/C=C\C/C=C\CCCCCC(=O)OC[C@H](COP(=O)(O)OCC[N+](C)(C)C)OC(=O)CCC/C=C\C/C=C\C/C=C\C=C\[C@@H](O)CCCCC. The van der Waals surface area contributed by atoms with E-state index in [1.165, 1.54) is 25.7 Å². The lowest BCUT2D eigenvalue weighted by molar-refractivity contribution is -0.870. The Morgan fingerprint density at radius 1 is 0.590 bits per heavy atom. The monoisotopic (exact) mass is 875 g/mol. The zero-order valence-corrected chi connectivity index (χ0v) is 39.6. The molecule has 0 fully saturated rings. The Kier molecular flexibility index (Phi) is 38.8. The molecule has 2 N–H and O–H groups in total. The third-order valence-corrected chi connectivity index (χ3v) is 10.2. The molecule has 0 saturated heterocycles. The molecule has 10 nitrogen and oxygen atoms in total. The number of hydrogen-bond acceptors (Lipinski definition) is 8. The minimum atomic E-state index is -4.42. The summed E-state index contributed by atoms with van der Waals surface area (Å²) in [6.45, 7) is 4.12. The predicted molar refractivity (Wildman–Crippen MR) is 253 cm³/mol. The number of unbranched alkanes of at least 4 members (excludes halogenated alkanes) is 9. The summed E-state index contributed by atoms with van der Waals surface area (Å²) in [5.41, 5.74) is 0. The van der Waals surface area contributed by atoms with Crippen LogP contribution in [0.2, 0.25) is 0 Å². The number of quaternary nitrogens is 1. The van der Waals surface area contributed by atoms with Gasteiger partial charge in [-0.3, -0.25) is 18.6 Å². The molecule has 0 rings (SSSR count). The zero-order valence-electron chi connectivity index (χ0n) is 38.7. The summed E-state index contributed by atoms with van der Waals surface area (Å²) in [4.78, 5) is 35.4. The number of carbonyl (C=O) groups excluding carboxylic acids is 2. The van der Waals surface area contributed by atoms with E-state index in [2.05, 4.69) is 74.6 Å². The van der Waals surface area contributed by atoms with Crippen LogP contribution >= 0.6 is 7.82 Å². The Bertz CT molecular complexity index is 1370. The van der Waals surface area contributed by atoms with E-state index in [1.54, 1.807) is 0 Å². The molecule has 0 aromatic heterocycles. The quantitative estimate of drug-likeness (QED) is 0.0154. The summed E-state index contributed by atoms with van der Waals surface area (Å²) in [5.74, 6) is -0.937. The molecular weight excluding hydrogens is 790 g/mol. The average Bonchev–Trinajstić information content (AvgIpc) is 3.21. The number of ether oxygens (including phenoxy) is 2. The first kappa shape index (κ1) is 57.9. The molecule has 1 unspecified atom stereocenters. The van der Waals surface area contributed by atoms with Crippen LogP contribution in [0.5, 0.6) is 0 Å². The highest BCUT2D eigenvalue weighted by atomic mass is 31.2. The van der Waals surface area contributed by atoms with Crippen LogP contribution in [-0.4, -0.2) is 86.1 Å². The normalized spacial score (nSPS) is 14.9. The van der Waals surface area contributed by atoms with Crippen LogP contribution in [-0.2, 0) is 32.7 Å². The molecule has 61 heavy (non-hydrogen) atoms. The second kappa shape index (κ2) is 40.9. The topological polar surface area (TPSA) is 129 Å². The summed E-state index contributed by atoms with van der Waals surface area (Å²) < 4.78 is 34.2. The van der Waals surface area contributed by atoms with Crippen LogP contribution in [0.25, 0.3) is 0 Å². The van der Waals surface area contributed by atoms with Gasteiger partial charge in [0.05, 0.1) is 33.9 Å². The van der Waals surface area contributed by atoms with Crippen molar-refractivity contribution in [3.05, 3.63) is 97.2 Å². The van der Waals surface area contributed by atoms with Crippen LogP contribution in [0.15, 0.2) is 97.2 Å². The molecule has 0 aromatic rings. The second-order valence-electron chi connectivity index (χ2n) is 16.3. The van der Waals surface area contributed by atoms with Crippen molar-refractivity contribution in [2.75, 3.05) is 47.5 Å². The van der Waals surface area contributed by atoms with Gasteiger partial charge >= 0.3 is 19.8 Å². The lowest BCUT2D eigenvalue weighted by atomic mass is 10.1. The number of allylic oxidation sites excluding steroid dienone is 15. The molecule has 0 heterocycles. The van der Waals surface area contributed by atoms with E-state index in [0.717, 1.165) is 77.0 Å². The van der Waals surface area contributed by atoms with Gasteiger partial charge in [-0.1, -0.05) is 150 Å². The van der Waals surface area contributed by atoms with Crippen molar-refractivity contribution in [2.24, 2.45) is 0 Å². The van der Waals surface area contributed by atoms with E-state index in [9.17, 15) is 24.2 Å². The van der Waals surface area contributed by atoms with Crippen molar-refractivity contribution in [1.82, 2.24) is 0 Å². The molecule has 0 aliphatic rings. The summed E-state index contributed by atoms with van der Waals surface area (Å²) >= 11 is 0. The van der Waals surface area contributed by atoms with Crippen molar-refractivity contribution in [2.45, 2.75) is 161 Å². The molecule has 0 radical (unpaired) electrons. The van der Waals surface area contributed by atoms with Gasteiger partial charge in [0, 0.05) is 12.8 Å². The number of phosphoric acid groups is 1.